The molecule has 1 aromatic carbocycles. The van der Waals surface area contributed by atoms with Crippen LogP contribution in [0.5, 0.6) is 5.75 Å². The van der Waals surface area contributed by atoms with E-state index in [1.807, 2.05) is 12.1 Å². The predicted octanol–water partition coefficient (Wildman–Crippen LogP) is 4.56. The normalized spacial score (nSPS) is 10.7. The van der Waals surface area contributed by atoms with Gasteiger partial charge in [-0.2, -0.15) is 0 Å². The van der Waals surface area contributed by atoms with Crippen molar-refractivity contribution in [2.24, 2.45) is 0 Å². The fourth-order valence-electron chi connectivity index (χ4n) is 2.16. The van der Waals surface area contributed by atoms with Crippen LogP contribution in [-0.2, 0) is 6.42 Å². The summed E-state index contributed by atoms with van der Waals surface area (Å²) < 4.78 is 6.52. The second-order valence-electron chi connectivity index (χ2n) is 4.87. The van der Waals surface area contributed by atoms with Gasteiger partial charge < -0.3 is 10.1 Å². The highest BCUT2D eigenvalue weighted by molar-refractivity contribution is 9.10. The Balaban J connectivity index is 2.17. The van der Waals surface area contributed by atoms with Crippen LogP contribution in [0.25, 0.3) is 0 Å². The van der Waals surface area contributed by atoms with Crippen LogP contribution in [-0.4, -0.2) is 20.2 Å². The minimum Gasteiger partial charge on any atom is -0.496 e. The summed E-state index contributed by atoms with van der Waals surface area (Å²) in [6.45, 7) is 4.52. The molecule has 0 aromatic heterocycles. The summed E-state index contributed by atoms with van der Waals surface area (Å²) in [6.07, 6.45) is 7.46. The van der Waals surface area contributed by atoms with Crippen molar-refractivity contribution in [3.8, 4) is 5.75 Å². The maximum Gasteiger partial charge on any atom is 0.122 e. The van der Waals surface area contributed by atoms with E-state index >= 15 is 0 Å². The van der Waals surface area contributed by atoms with Crippen molar-refractivity contribution in [1.82, 2.24) is 5.32 Å². The van der Waals surface area contributed by atoms with Gasteiger partial charge in [0, 0.05) is 4.47 Å². The van der Waals surface area contributed by atoms with Gasteiger partial charge in [-0.25, -0.2) is 0 Å². The molecule has 0 bridgehead atoms. The minimum atomic E-state index is 1.01. The molecule has 0 fully saturated rings. The first-order valence-corrected chi connectivity index (χ1v) is 8.10. The molecule has 3 heteroatoms. The summed E-state index contributed by atoms with van der Waals surface area (Å²) in [5.74, 6) is 1.01. The minimum absolute atomic E-state index is 1.01. The average Bonchev–Trinajstić information content (AvgIpc) is 2.42. The lowest BCUT2D eigenvalue weighted by molar-refractivity contribution is 0.408. The SMILES string of the molecule is CCCNCCCCCCc1cc(Br)ccc1OC. The second kappa shape index (κ2) is 10.3. The molecule has 1 aromatic rings. The third-order valence-corrected chi connectivity index (χ3v) is 3.71. The molecule has 19 heavy (non-hydrogen) atoms. The molecule has 0 unspecified atom stereocenters. The molecule has 2 nitrogen and oxygen atoms in total. The van der Waals surface area contributed by atoms with Crippen molar-refractivity contribution >= 4 is 15.9 Å². The van der Waals surface area contributed by atoms with Crippen LogP contribution in [0, 0.1) is 0 Å². The molecule has 0 aliphatic rings. The monoisotopic (exact) mass is 327 g/mol. The summed E-state index contributed by atoms with van der Waals surface area (Å²) >= 11 is 3.52. The molecule has 0 aliphatic heterocycles. The van der Waals surface area contributed by atoms with Crippen LogP contribution in [0.3, 0.4) is 0 Å². The van der Waals surface area contributed by atoms with Gasteiger partial charge in [0.25, 0.3) is 0 Å². The topological polar surface area (TPSA) is 21.3 Å². The van der Waals surface area contributed by atoms with Crippen molar-refractivity contribution in [3.63, 3.8) is 0 Å². The summed E-state index contributed by atoms with van der Waals surface area (Å²) in [5.41, 5.74) is 1.31. The smallest absolute Gasteiger partial charge is 0.122 e. The van der Waals surface area contributed by atoms with E-state index in [0.29, 0.717) is 0 Å². The number of unbranched alkanes of at least 4 members (excludes halogenated alkanes) is 3. The van der Waals surface area contributed by atoms with Gasteiger partial charge >= 0.3 is 0 Å². The lowest BCUT2D eigenvalue weighted by Gasteiger charge is -2.09. The lowest BCUT2D eigenvalue weighted by Crippen LogP contribution is -2.15. The molecular formula is C16H26BrNO. The molecule has 1 N–H and O–H groups in total. The van der Waals surface area contributed by atoms with Crippen LogP contribution in [0.15, 0.2) is 22.7 Å². The Morgan fingerprint density at radius 2 is 1.89 bits per heavy atom. The fourth-order valence-corrected chi connectivity index (χ4v) is 2.57. The summed E-state index contributed by atoms with van der Waals surface area (Å²) in [6, 6.07) is 6.23. The molecule has 0 saturated heterocycles. The Bertz CT molecular complexity index is 355. The number of ether oxygens (including phenoxy) is 1. The number of halogens is 1. The number of hydrogen-bond donors (Lipinski definition) is 1. The molecular weight excluding hydrogens is 302 g/mol. The highest BCUT2D eigenvalue weighted by Gasteiger charge is 2.03. The van der Waals surface area contributed by atoms with E-state index in [0.717, 1.165) is 29.7 Å². The average molecular weight is 328 g/mol. The van der Waals surface area contributed by atoms with Crippen LogP contribution in [0.2, 0.25) is 0 Å². The summed E-state index contributed by atoms with van der Waals surface area (Å²) in [5, 5.41) is 3.44. The molecule has 1 rings (SSSR count). The Morgan fingerprint density at radius 3 is 2.63 bits per heavy atom. The number of nitrogens with one attached hydrogen (secondary N) is 1. The second-order valence-corrected chi connectivity index (χ2v) is 5.79. The summed E-state index contributed by atoms with van der Waals surface area (Å²) in [4.78, 5) is 0. The Labute approximate surface area is 126 Å². The van der Waals surface area contributed by atoms with Crippen molar-refractivity contribution in [3.05, 3.63) is 28.2 Å². The van der Waals surface area contributed by atoms with Crippen LogP contribution >= 0.6 is 15.9 Å². The first-order valence-electron chi connectivity index (χ1n) is 7.31. The molecule has 0 aliphatic carbocycles. The van der Waals surface area contributed by atoms with Gasteiger partial charge in [0.2, 0.25) is 0 Å². The van der Waals surface area contributed by atoms with E-state index in [2.05, 4.69) is 34.2 Å². The predicted molar refractivity (Wildman–Crippen MR) is 86.0 cm³/mol. The largest absolute Gasteiger partial charge is 0.496 e. The van der Waals surface area contributed by atoms with Crippen molar-refractivity contribution < 1.29 is 4.74 Å². The number of hydrogen-bond acceptors (Lipinski definition) is 2. The maximum atomic E-state index is 5.39. The highest BCUT2D eigenvalue weighted by Crippen LogP contribution is 2.24. The number of aryl methyl sites for hydroxylation is 1. The zero-order valence-electron chi connectivity index (χ0n) is 12.2. The van der Waals surface area contributed by atoms with Crippen molar-refractivity contribution in [2.75, 3.05) is 20.2 Å². The quantitative estimate of drug-likeness (QED) is 0.636. The zero-order valence-corrected chi connectivity index (χ0v) is 13.8. The number of rotatable bonds is 10. The molecule has 108 valence electrons. The van der Waals surface area contributed by atoms with E-state index in [1.165, 1.54) is 37.7 Å². The van der Waals surface area contributed by atoms with Crippen LogP contribution in [0.1, 0.15) is 44.6 Å². The summed E-state index contributed by atoms with van der Waals surface area (Å²) in [7, 11) is 1.74. The number of benzene rings is 1. The fraction of sp³-hybridized carbons (Fsp3) is 0.625. The van der Waals surface area contributed by atoms with Gasteiger partial charge in [0.15, 0.2) is 0 Å². The number of methoxy groups -OCH3 is 1. The zero-order chi connectivity index (χ0) is 13.9. The third kappa shape index (κ3) is 6.98. The van der Waals surface area contributed by atoms with E-state index in [9.17, 15) is 0 Å². The lowest BCUT2D eigenvalue weighted by atomic mass is 10.1. The van der Waals surface area contributed by atoms with E-state index in [-0.39, 0.29) is 0 Å². The molecule has 0 saturated carbocycles. The van der Waals surface area contributed by atoms with Gasteiger partial charge in [-0.05, 0) is 62.5 Å². The molecule has 0 radical (unpaired) electrons. The standard InChI is InChI=1S/C16H26BrNO/c1-3-11-18-12-7-5-4-6-8-14-13-15(17)9-10-16(14)19-2/h9-10,13,18H,3-8,11-12H2,1-2H3. The van der Waals surface area contributed by atoms with Crippen molar-refractivity contribution in [2.45, 2.75) is 45.4 Å². The first kappa shape index (κ1) is 16.5. The van der Waals surface area contributed by atoms with Gasteiger partial charge in [0.1, 0.15) is 5.75 Å². The van der Waals surface area contributed by atoms with E-state index in [4.69, 9.17) is 4.74 Å². The molecule has 0 heterocycles. The van der Waals surface area contributed by atoms with E-state index < -0.39 is 0 Å². The first-order chi connectivity index (χ1) is 9.27. The Hall–Kier alpha value is -0.540. The maximum absolute atomic E-state index is 5.39. The van der Waals surface area contributed by atoms with Gasteiger partial charge in [-0.3, -0.25) is 0 Å². The molecule has 0 atom stereocenters. The van der Waals surface area contributed by atoms with Gasteiger partial charge in [-0.1, -0.05) is 35.7 Å². The van der Waals surface area contributed by atoms with Crippen molar-refractivity contribution in [1.29, 1.82) is 0 Å². The molecule has 0 spiro atoms. The van der Waals surface area contributed by atoms with Gasteiger partial charge in [-0.15, -0.1) is 0 Å². The Kier molecular flexibility index (Phi) is 8.93. The Morgan fingerprint density at radius 1 is 1.11 bits per heavy atom. The van der Waals surface area contributed by atoms with Crippen LogP contribution < -0.4 is 10.1 Å². The van der Waals surface area contributed by atoms with Gasteiger partial charge in [0.05, 0.1) is 7.11 Å². The third-order valence-electron chi connectivity index (χ3n) is 3.22. The molecule has 0 amide bonds. The van der Waals surface area contributed by atoms with E-state index in [1.54, 1.807) is 7.11 Å². The van der Waals surface area contributed by atoms with Crippen LogP contribution in [0.4, 0.5) is 0 Å². The highest BCUT2D eigenvalue weighted by atomic mass is 79.9.